The van der Waals surface area contributed by atoms with Crippen LogP contribution in [0.4, 0.5) is 5.69 Å². The second-order valence-electron chi connectivity index (χ2n) is 6.77. The zero-order valence-corrected chi connectivity index (χ0v) is 15.7. The smallest absolute Gasteiger partial charge is 0.245 e. The van der Waals surface area contributed by atoms with Crippen molar-refractivity contribution in [3.63, 3.8) is 0 Å². The van der Waals surface area contributed by atoms with Crippen LogP contribution in [0.5, 0.6) is 0 Å². The van der Waals surface area contributed by atoms with Gasteiger partial charge in [0.25, 0.3) is 0 Å². The van der Waals surface area contributed by atoms with Crippen LogP contribution in [-0.4, -0.2) is 33.5 Å². The summed E-state index contributed by atoms with van der Waals surface area (Å²) in [4.78, 5) is 5.06. The van der Waals surface area contributed by atoms with Gasteiger partial charge in [-0.15, -0.1) is 11.3 Å². The molecule has 24 heavy (non-hydrogen) atoms. The fourth-order valence-corrected chi connectivity index (χ4v) is 7.08. The van der Waals surface area contributed by atoms with Gasteiger partial charge in [0.05, 0.1) is 5.69 Å². The maximum absolute atomic E-state index is 13.1. The van der Waals surface area contributed by atoms with E-state index in [9.17, 15) is 8.42 Å². The molecular weight excluding hydrogens is 340 g/mol. The SMILES string of the molecule is Cc1ccc(CN2CCC3(CC2)c2ccccc2N(C)S3(=O)=O)s1. The Hall–Kier alpha value is -1.37. The molecule has 3 heterocycles. The van der Waals surface area contributed by atoms with Gasteiger partial charge in [-0.05, 0) is 43.5 Å². The number of hydrogen-bond donors (Lipinski definition) is 0. The molecule has 0 unspecified atom stereocenters. The molecule has 0 amide bonds. The van der Waals surface area contributed by atoms with Crippen LogP contribution in [0.1, 0.15) is 28.2 Å². The molecule has 0 radical (unpaired) electrons. The summed E-state index contributed by atoms with van der Waals surface area (Å²) in [7, 11) is -1.65. The summed E-state index contributed by atoms with van der Waals surface area (Å²) in [6.07, 6.45) is 1.34. The maximum Gasteiger partial charge on any atom is 0.245 e. The van der Waals surface area contributed by atoms with Gasteiger partial charge in [-0.1, -0.05) is 18.2 Å². The standard InChI is InChI=1S/C18H22N2O2S2/c1-14-7-8-15(23-14)13-20-11-9-18(10-12-20)16-5-3-4-6-17(16)19(2)24(18,21)22/h3-8H,9-13H2,1-2H3. The normalized spacial score (nSPS) is 22.0. The van der Waals surface area contributed by atoms with Gasteiger partial charge in [0.2, 0.25) is 10.0 Å². The molecule has 4 nitrogen and oxygen atoms in total. The number of fused-ring (bicyclic) bond motifs is 2. The number of para-hydroxylation sites is 1. The van der Waals surface area contributed by atoms with E-state index in [0.717, 1.165) is 30.9 Å². The number of aryl methyl sites for hydroxylation is 1. The summed E-state index contributed by atoms with van der Waals surface area (Å²) < 4.78 is 27.0. The van der Waals surface area contributed by atoms with Crippen LogP contribution in [0.3, 0.4) is 0 Å². The second kappa shape index (κ2) is 5.58. The van der Waals surface area contributed by atoms with E-state index in [-0.39, 0.29) is 0 Å². The zero-order valence-electron chi connectivity index (χ0n) is 14.0. The van der Waals surface area contributed by atoms with Gasteiger partial charge in [-0.3, -0.25) is 9.21 Å². The second-order valence-corrected chi connectivity index (χ2v) is 10.4. The molecule has 1 spiro atoms. The third kappa shape index (κ3) is 2.24. The van der Waals surface area contributed by atoms with Crippen molar-refractivity contribution in [2.24, 2.45) is 0 Å². The number of rotatable bonds is 2. The fourth-order valence-electron chi connectivity index (χ4n) is 4.05. The summed E-state index contributed by atoms with van der Waals surface area (Å²) in [6, 6.07) is 12.1. The number of likely N-dealkylation sites (tertiary alicyclic amines) is 1. The minimum absolute atomic E-state index is 0.668. The highest BCUT2D eigenvalue weighted by Gasteiger charge is 2.55. The lowest BCUT2D eigenvalue weighted by molar-refractivity contribution is 0.191. The summed E-state index contributed by atoms with van der Waals surface area (Å²) in [6.45, 7) is 4.68. The minimum Gasteiger partial charge on any atom is -0.298 e. The van der Waals surface area contributed by atoms with E-state index in [0.29, 0.717) is 12.8 Å². The Balaban J connectivity index is 1.60. The van der Waals surface area contributed by atoms with Gasteiger partial charge in [-0.2, -0.15) is 0 Å². The monoisotopic (exact) mass is 362 g/mol. The molecule has 2 aliphatic heterocycles. The van der Waals surface area contributed by atoms with Crippen LogP contribution < -0.4 is 4.31 Å². The van der Waals surface area contributed by atoms with Crippen LogP contribution in [0, 0.1) is 6.92 Å². The van der Waals surface area contributed by atoms with Gasteiger partial charge >= 0.3 is 0 Å². The summed E-state index contributed by atoms with van der Waals surface area (Å²) >= 11 is 1.83. The first-order chi connectivity index (χ1) is 11.4. The molecule has 6 heteroatoms. The molecule has 0 atom stereocenters. The molecule has 0 saturated carbocycles. The Bertz CT molecular complexity index is 865. The first-order valence-electron chi connectivity index (χ1n) is 8.30. The molecule has 0 bridgehead atoms. The number of hydrogen-bond acceptors (Lipinski definition) is 4. The van der Waals surface area contributed by atoms with Crippen LogP contribution in [0.25, 0.3) is 0 Å². The molecule has 2 aromatic rings. The molecule has 4 rings (SSSR count). The number of piperidine rings is 1. The van der Waals surface area contributed by atoms with E-state index in [4.69, 9.17) is 0 Å². The van der Waals surface area contributed by atoms with E-state index < -0.39 is 14.8 Å². The topological polar surface area (TPSA) is 40.6 Å². The number of benzene rings is 1. The third-order valence-electron chi connectivity index (χ3n) is 5.43. The predicted molar refractivity (Wildman–Crippen MR) is 99.0 cm³/mol. The van der Waals surface area contributed by atoms with Crippen molar-refractivity contribution >= 4 is 27.0 Å². The van der Waals surface area contributed by atoms with Crippen LogP contribution in [-0.2, 0) is 21.3 Å². The van der Waals surface area contributed by atoms with Crippen molar-refractivity contribution < 1.29 is 8.42 Å². The van der Waals surface area contributed by atoms with Gasteiger partial charge in [0, 0.05) is 36.4 Å². The first kappa shape index (κ1) is 16.1. The molecule has 1 fully saturated rings. The lowest BCUT2D eigenvalue weighted by Crippen LogP contribution is -2.47. The third-order valence-corrected chi connectivity index (χ3v) is 8.95. The number of anilines is 1. The van der Waals surface area contributed by atoms with Gasteiger partial charge in [-0.25, -0.2) is 8.42 Å². The van der Waals surface area contributed by atoms with Gasteiger partial charge in [0.1, 0.15) is 4.75 Å². The molecule has 1 aromatic carbocycles. The highest BCUT2D eigenvalue weighted by molar-refractivity contribution is 7.94. The van der Waals surface area contributed by atoms with Crippen molar-refractivity contribution in [3.05, 3.63) is 51.7 Å². The van der Waals surface area contributed by atoms with Crippen LogP contribution in [0.15, 0.2) is 36.4 Å². The Labute approximate surface area is 147 Å². The van der Waals surface area contributed by atoms with E-state index in [1.54, 1.807) is 7.05 Å². The van der Waals surface area contributed by atoms with Crippen molar-refractivity contribution in [1.29, 1.82) is 0 Å². The summed E-state index contributed by atoms with van der Waals surface area (Å²) in [5.41, 5.74) is 1.83. The minimum atomic E-state index is -3.33. The Kier molecular flexibility index (Phi) is 3.74. The molecule has 1 aromatic heterocycles. The molecule has 0 aliphatic carbocycles. The van der Waals surface area contributed by atoms with Crippen LogP contribution in [0.2, 0.25) is 0 Å². The summed E-state index contributed by atoms with van der Waals surface area (Å²) in [5.74, 6) is 0. The molecule has 0 N–H and O–H groups in total. The van der Waals surface area contributed by atoms with Crippen molar-refractivity contribution in [2.75, 3.05) is 24.4 Å². The number of thiophene rings is 1. The van der Waals surface area contributed by atoms with Crippen molar-refractivity contribution in [3.8, 4) is 0 Å². The first-order valence-corrected chi connectivity index (χ1v) is 10.6. The quantitative estimate of drug-likeness (QED) is 0.823. The molecule has 2 aliphatic rings. The number of sulfonamides is 1. The highest BCUT2D eigenvalue weighted by atomic mass is 32.2. The summed E-state index contributed by atoms with van der Waals surface area (Å²) in [5, 5.41) is 0. The Morgan fingerprint density at radius 3 is 2.50 bits per heavy atom. The number of nitrogens with zero attached hydrogens (tertiary/aromatic N) is 2. The van der Waals surface area contributed by atoms with E-state index in [1.165, 1.54) is 14.1 Å². The average Bonchev–Trinajstić information content (AvgIpc) is 3.05. The van der Waals surface area contributed by atoms with E-state index >= 15 is 0 Å². The van der Waals surface area contributed by atoms with Gasteiger partial charge < -0.3 is 0 Å². The predicted octanol–water partition coefficient (Wildman–Crippen LogP) is 3.33. The highest BCUT2D eigenvalue weighted by Crippen LogP contribution is 2.51. The largest absolute Gasteiger partial charge is 0.298 e. The van der Waals surface area contributed by atoms with Gasteiger partial charge in [0.15, 0.2) is 0 Å². The lowest BCUT2D eigenvalue weighted by atomic mass is 9.87. The zero-order chi connectivity index (χ0) is 16.9. The van der Waals surface area contributed by atoms with Crippen LogP contribution >= 0.6 is 11.3 Å². The molecule has 1 saturated heterocycles. The average molecular weight is 363 g/mol. The fraction of sp³-hybridized carbons (Fsp3) is 0.444. The molecule has 128 valence electrons. The van der Waals surface area contributed by atoms with Crippen molar-refractivity contribution in [1.82, 2.24) is 4.90 Å². The maximum atomic E-state index is 13.1. The molecular formula is C18H22N2O2S2. The van der Waals surface area contributed by atoms with E-state index in [1.807, 2.05) is 35.6 Å². The lowest BCUT2D eigenvalue weighted by Gasteiger charge is -2.38. The van der Waals surface area contributed by atoms with Crippen molar-refractivity contribution in [2.45, 2.75) is 31.1 Å². The van der Waals surface area contributed by atoms with E-state index in [2.05, 4.69) is 24.0 Å². The Morgan fingerprint density at radius 2 is 1.83 bits per heavy atom. The Morgan fingerprint density at radius 1 is 1.12 bits per heavy atom.